The maximum Gasteiger partial charge on any atom is 0.260 e. The third-order valence-electron chi connectivity index (χ3n) is 3.59. The van der Waals surface area contributed by atoms with E-state index in [9.17, 15) is 4.79 Å². The Morgan fingerprint density at radius 2 is 1.74 bits per heavy atom. The highest BCUT2D eigenvalue weighted by Crippen LogP contribution is 2.17. The zero-order valence-electron chi connectivity index (χ0n) is 13.5. The van der Waals surface area contributed by atoms with Crippen LogP contribution in [0.1, 0.15) is 25.8 Å². The van der Waals surface area contributed by atoms with Gasteiger partial charge >= 0.3 is 0 Å². The molecule has 2 atom stereocenters. The molecule has 0 radical (unpaired) electrons. The average molecular weight is 376 g/mol. The van der Waals surface area contributed by atoms with Crippen molar-refractivity contribution in [3.8, 4) is 5.75 Å². The monoisotopic (exact) mass is 375 g/mol. The predicted octanol–water partition coefficient (Wildman–Crippen LogP) is 4.35. The van der Waals surface area contributed by atoms with E-state index in [1.54, 1.807) is 6.92 Å². The minimum Gasteiger partial charge on any atom is -0.481 e. The van der Waals surface area contributed by atoms with Crippen molar-refractivity contribution in [2.75, 3.05) is 0 Å². The molecule has 0 spiro atoms. The fourth-order valence-electron chi connectivity index (χ4n) is 2.23. The van der Waals surface area contributed by atoms with Gasteiger partial charge in [-0.25, -0.2) is 0 Å². The first-order valence-electron chi connectivity index (χ1n) is 7.81. The minimum atomic E-state index is -0.518. The van der Waals surface area contributed by atoms with Gasteiger partial charge in [0.25, 0.3) is 5.91 Å². The molecule has 122 valence electrons. The lowest BCUT2D eigenvalue weighted by Gasteiger charge is -2.19. The first-order chi connectivity index (χ1) is 11.0. The van der Waals surface area contributed by atoms with Gasteiger partial charge in [0, 0.05) is 10.5 Å². The van der Waals surface area contributed by atoms with Gasteiger partial charge in [-0.1, -0.05) is 46.3 Å². The van der Waals surface area contributed by atoms with E-state index in [0.717, 1.165) is 17.3 Å². The van der Waals surface area contributed by atoms with Crippen LogP contribution in [0.2, 0.25) is 0 Å². The summed E-state index contributed by atoms with van der Waals surface area (Å²) in [6, 6.07) is 17.9. The molecule has 0 heterocycles. The van der Waals surface area contributed by atoms with Crippen LogP contribution in [0.25, 0.3) is 0 Å². The first kappa shape index (κ1) is 17.5. The van der Waals surface area contributed by atoms with Gasteiger partial charge in [0.2, 0.25) is 0 Å². The summed E-state index contributed by atoms with van der Waals surface area (Å²) in [5, 5.41) is 3.01. The summed E-state index contributed by atoms with van der Waals surface area (Å²) in [5.41, 5.74) is 1.28. The molecule has 23 heavy (non-hydrogen) atoms. The van der Waals surface area contributed by atoms with Crippen molar-refractivity contribution in [1.29, 1.82) is 0 Å². The molecule has 0 aliphatic heterocycles. The van der Waals surface area contributed by atoms with Gasteiger partial charge in [-0.05, 0) is 56.5 Å². The molecular weight excluding hydrogens is 354 g/mol. The molecule has 0 saturated carbocycles. The van der Waals surface area contributed by atoms with E-state index in [1.165, 1.54) is 5.56 Å². The number of hydrogen-bond acceptors (Lipinski definition) is 2. The lowest BCUT2D eigenvalue weighted by molar-refractivity contribution is -0.127. The summed E-state index contributed by atoms with van der Waals surface area (Å²) < 4.78 is 6.64. The van der Waals surface area contributed by atoms with Gasteiger partial charge in [0.05, 0.1) is 0 Å². The highest BCUT2D eigenvalue weighted by Gasteiger charge is 2.16. The second kappa shape index (κ2) is 8.73. The normalized spacial score (nSPS) is 13.2. The van der Waals surface area contributed by atoms with E-state index in [2.05, 4.69) is 33.4 Å². The molecule has 2 aromatic carbocycles. The van der Waals surface area contributed by atoms with Crippen LogP contribution in [0.15, 0.2) is 59.1 Å². The Labute approximate surface area is 146 Å². The molecule has 4 heteroatoms. The van der Waals surface area contributed by atoms with Crippen LogP contribution in [0, 0.1) is 0 Å². The molecule has 0 fully saturated rings. The first-order valence-corrected chi connectivity index (χ1v) is 8.60. The number of rotatable bonds is 7. The van der Waals surface area contributed by atoms with Crippen LogP contribution in [0.4, 0.5) is 0 Å². The molecule has 1 amide bonds. The predicted molar refractivity (Wildman–Crippen MR) is 96.6 cm³/mol. The Balaban J connectivity index is 1.77. The summed E-state index contributed by atoms with van der Waals surface area (Å²) in [5.74, 6) is 0.598. The quantitative estimate of drug-likeness (QED) is 0.780. The summed E-state index contributed by atoms with van der Waals surface area (Å²) >= 11 is 3.37. The smallest absolute Gasteiger partial charge is 0.260 e. The van der Waals surface area contributed by atoms with Crippen LogP contribution in [0.3, 0.4) is 0 Å². The number of carbonyl (C=O) groups is 1. The molecule has 0 saturated heterocycles. The molecule has 0 aromatic heterocycles. The van der Waals surface area contributed by atoms with Crippen LogP contribution in [-0.2, 0) is 11.2 Å². The maximum atomic E-state index is 12.2. The Morgan fingerprint density at radius 3 is 2.39 bits per heavy atom. The largest absolute Gasteiger partial charge is 0.481 e. The van der Waals surface area contributed by atoms with Crippen molar-refractivity contribution in [1.82, 2.24) is 5.32 Å². The SMILES string of the molecule is CC(CCc1ccccc1)NC(=O)C(C)Oc1ccc(Br)cc1. The number of hydrogen-bond donors (Lipinski definition) is 1. The zero-order valence-corrected chi connectivity index (χ0v) is 15.0. The van der Waals surface area contributed by atoms with Crippen molar-refractivity contribution >= 4 is 21.8 Å². The molecule has 2 unspecified atom stereocenters. The van der Waals surface area contributed by atoms with Gasteiger partial charge in [0.1, 0.15) is 5.75 Å². The standard InChI is InChI=1S/C19H22BrNO2/c1-14(8-9-16-6-4-3-5-7-16)21-19(22)15(2)23-18-12-10-17(20)11-13-18/h3-7,10-15H,8-9H2,1-2H3,(H,21,22). The van der Waals surface area contributed by atoms with Gasteiger partial charge in [-0.3, -0.25) is 4.79 Å². The topological polar surface area (TPSA) is 38.3 Å². The Bertz CT molecular complexity index is 613. The molecule has 2 aromatic rings. The Morgan fingerprint density at radius 1 is 1.09 bits per heavy atom. The number of aryl methyl sites for hydroxylation is 1. The Kier molecular flexibility index (Phi) is 6.66. The molecule has 3 nitrogen and oxygen atoms in total. The van der Waals surface area contributed by atoms with Gasteiger partial charge < -0.3 is 10.1 Å². The van der Waals surface area contributed by atoms with Crippen LogP contribution in [0.5, 0.6) is 5.75 Å². The third kappa shape index (κ3) is 6.06. The van der Waals surface area contributed by atoms with E-state index < -0.39 is 6.10 Å². The fourth-order valence-corrected chi connectivity index (χ4v) is 2.50. The van der Waals surface area contributed by atoms with E-state index >= 15 is 0 Å². The van der Waals surface area contributed by atoms with Gasteiger partial charge in [-0.15, -0.1) is 0 Å². The van der Waals surface area contributed by atoms with E-state index in [4.69, 9.17) is 4.74 Å². The second-order valence-electron chi connectivity index (χ2n) is 5.65. The fraction of sp³-hybridized carbons (Fsp3) is 0.316. The summed E-state index contributed by atoms with van der Waals surface area (Å²) in [6.07, 6.45) is 1.33. The number of ether oxygens (including phenoxy) is 1. The van der Waals surface area contributed by atoms with Crippen molar-refractivity contribution in [3.05, 3.63) is 64.6 Å². The molecule has 0 aliphatic rings. The van der Waals surface area contributed by atoms with E-state index in [-0.39, 0.29) is 11.9 Å². The number of carbonyl (C=O) groups excluding carboxylic acids is 1. The van der Waals surface area contributed by atoms with Gasteiger partial charge in [-0.2, -0.15) is 0 Å². The van der Waals surface area contributed by atoms with Crippen molar-refractivity contribution in [2.45, 2.75) is 38.8 Å². The Hall–Kier alpha value is -1.81. The highest BCUT2D eigenvalue weighted by molar-refractivity contribution is 9.10. The molecule has 0 bridgehead atoms. The highest BCUT2D eigenvalue weighted by atomic mass is 79.9. The summed E-state index contributed by atoms with van der Waals surface area (Å²) in [6.45, 7) is 3.79. The summed E-state index contributed by atoms with van der Waals surface area (Å²) in [7, 11) is 0. The average Bonchev–Trinajstić information content (AvgIpc) is 2.56. The number of halogens is 1. The molecule has 0 aliphatic carbocycles. The van der Waals surface area contributed by atoms with Crippen LogP contribution < -0.4 is 10.1 Å². The molecule has 2 rings (SSSR count). The minimum absolute atomic E-state index is 0.0894. The molecule has 1 N–H and O–H groups in total. The zero-order chi connectivity index (χ0) is 16.7. The maximum absolute atomic E-state index is 12.2. The van der Waals surface area contributed by atoms with Gasteiger partial charge in [0.15, 0.2) is 6.10 Å². The number of nitrogens with one attached hydrogen (secondary N) is 1. The number of benzene rings is 2. The van der Waals surface area contributed by atoms with Crippen LogP contribution >= 0.6 is 15.9 Å². The van der Waals surface area contributed by atoms with Crippen molar-refractivity contribution in [3.63, 3.8) is 0 Å². The number of amides is 1. The second-order valence-corrected chi connectivity index (χ2v) is 6.56. The summed E-state index contributed by atoms with van der Waals surface area (Å²) in [4.78, 5) is 12.2. The third-order valence-corrected chi connectivity index (χ3v) is 4.12. The lowest BCUT2D eigenvalue weighted by Crippen LogP contribution is -2.41. The molecular formula is C19H22BrNO2. The van der Waals surface area contributed by atoms with E-state index in [0.29, 0.717) is 5.75 Å². The van der Waals surface area contributed by atoms with Crippen LogP contribution in [-0.4, -0.2) is 18.1 Å². The van der Waals surface area contributed by atoms with Crippen molar-refractivity contribution < 1.29 is 9.53 Å². The van der Waals surface area contributed by atoms with Crippen molar-refractivity contribution in [2.24, 2.45) is 0 Å². The van der Waals surface area contributed by atoms with E-state index in [1.807, 2.05) is 49.4 Å². The lowest BCUT2D eigenvalue weighted by atomic mass is 10.1.